The fraction of sp³-hybridized carbons (Fsp3) is 0.714. The predicted octanol–water partition coefficient (Wildman–Crippen LogP) is 7.62. The highest BCUT2D eigenvalue weighted by atomic mass is 32.2. The van der Waals surface area contributed by atoms with Crippen molar-refractivity contribution < 1.29 is 45.6 Å². The maximum atomic E-state index is 12.3. The minimum Gasteiger partial charge on any atom is -0.748 e. The number of carbonyl (C=O) groups excluding carboxylic acids is 1. The summed E-state index contributed by atoms with van der Waals surface area (Å²) in [6.45, 7) is 3.93. The average molecular weight is 743 g/mol. The Balaban J connectivity index is 0.00000161. The van der Waals surface area contributed by atoms with Crippen molar-refractivity contribution in [3.05, 3.63) is 41.2 Å². The number of hydrogen-bond donors (Lipinski definition) is 1. The Kier molecular flexibility index (Phi) is 23.7. The van der Waals surface area contributed by atoms with Gasteiger partial charge in [-0.05, 0) is 23.2 Å². The first-order chi connectivity index (χ1) is 24.2. The molecule has 3 aromatic heterocycles. The Morgan fingerprint density at radius 3 is 2.14 bits per heavy atom. The van der Waals surface area contributed by atoms with Gasteiger partial charge in [-0.1, -0.05) is 108 Å². The molecule has 1 atom stereocenters. The van der Waals surface area contributed by atoms with Crippen LogP contribution in [-0.4, -0.2) is 61.5 Å². The quantitative estimate of drug-likeness (QED) is 0.0441. The molecule has 0 aliphatic heterocycles. The molecular weight excluding hydrogens is 685 g/mol. The first-order valence-corrected chi connectivity index (χ1v) is 20.9. The molecule has 0 fully saturated rings. The molecule has 0 aromatic carbocycles. The number of thiazole rings is 1. The molecule has 3 rings (SSSR count). The third-order valence-electron chi connectivity index (χ3n) is 7.72. The van der Waals surface area contributed by atoms with Crippen LogP contribution in [0.15, 0.2) is 44.5 Å². The van der Waals surface area contributed by atoms with Crippen LogP contribution in [0.3, 0.4) is 0 Å². The van der Waals surface area contributed by atoms with Crippen LogP contribution >= 0.6 is 11.3 Å². The van der Waals surface area contributed by atoms with Crippen LogP contribution in [0, 0.1) is 0 Å². The van der Waals surface area contributed by atoms with Crippen molar-refractivity contribution in [1.82, 2.24) is 15.6 Å². The smallest absolute Gasteiger partial charge is 0.407 e. The van der Waals surface area contributed by atoms with Gasteiger partial charge in [0.05, 0.1) is 15.5 Å². The standard InChI is InChI=1S/C34H54N4O6S.CH4O3S/c1-2-3-4-5-6-7-8-9-10-11-12-13-14-15-17-21-35-34(39)41-28-31(43-32-20-24-42-36-32)27-40-33-26-30(44-37-33)19-16-18-22-38-23-25-45-29-38;1-5(2,3)4/h20,23-26,29,31H,2-19,21-22,27-28H2,1H3;1H3,(H,2,3,4). The van der Waals surface area contributed by atoms with Crippen molar-refractivity contribution >= 4 is 27.5 Å². The second-order valence-electron chi connectivity index (χ2n) is 12.4. The zero-order valence-corrected chi connectivity index (χ0v) is 31.6. The van der Waals surface area contributed by atoms with Crippen molar-refractivity contribution in [3.8, 4) is 11.8 Å². The summed E-state index contributed by atoms with van der Waals surface area (Å²) in [5, 5.41) is 12.7. The summed E-state index contributed by atoms with van der Waals surface area (Å²) < 4.78 is 56.7. The Bertz CT molecular complexity index is 1310. The van der Waals surface area contributed by atoms with E-state index in [2.05, 4.69) is 44.2 Å². The van der Waals surface area contributed by atoms with Gasteiger partial charge in [0.25, 0.3) is 11.8 Å². The van der Waals surface area contributed by atoms with E-state index in [-0.39, 0.29) is 19.1 Å². The van der Waals surface area contributed by atoms with Crippen LogP contribution in [0.4, 0.5) is 4.79 Å². The monoisotopic (exact) mass is 742 g/mol. The molecule has 50 heavy (non-hydrogen) atoms. The summed E-state index contributed by atoms with van der Waals surface area (Å²) in [6.07, 6.45) is 25.5. The summed E-state index contributed by atoms with van der Waals surface area (Å²) >= 11 is 1.69. The summed E-state index contributed by atoms with van der Waals surface area (Å²) in [4.78, 5) is 12.3. The van der Waals surface area contributed by atoms with Crippen molar-refractivity contribution in [3.63, 3.8) is 0 Å². The fourth-order valence-electron chi connectivity index (χ4n) is 5.10. The second kappa shape index (κ2) is 27.5. The number of nitrogens with one attached hydrogen (secondary N) is 1. The first kappa shape index (κ1) is 43.0. The number of alkyl carbamates (subject to hydrolysis) is 1. The highest BCUT2D eigenvalue weighted by Gasteiger charge is 2.18. The number of nitrogens with zero attached hydrogens (tertiary/aromatic N) is 3. The molecule has 0 aliphatic rings. The minimum atomic E-state index is -3.92. The lowest BCUT2D eigenvalue weighted by atomic mass is 10.0. The molecule has 0 saturated heterocycles. The van der Waals surface area contributed by atoms with Gasteiger partial charge in [0.2, 0.25) is 5.51 Å². The second-order valence-corrected chi connectivity index (χ2v) is 14.6. The molecule has 15 heteroatoms. The number of hydrogen-bond acceptors (Lipinski definition) is 12. The van der Waals surface area contributed by atoms with Gasteiger partial charge in [-0.2, -0.15) is 4.57 Å². The van der Waals surface area contributed by atoms with Crippen molar-refractivity contribution in [2.24, 2.45) is 0 Å². The van der Waals surface area contributed by atoms with Crippen LogP contribution < -0.4 is 19.4 Å². The Labute approximate surface area is 302 Å². The van der Waals surface area contributed by atoms with Gasteiger partial charge in [-0.15, -0.1) is 0 Å². The number of aromatic nitrogens is 3. The maximum absolute atomic E-state index is 12.3. The first-order valence-electron chi connectivity index (χ1n) is 18.1. The van der Waals surface area contributed by atoms with E-state index in [1.807, 2.05) is 0 Å². The maximum Gasteiger partial charge on any atom is 0.407 e. The lowest BCUT2D eigenvalue weighted by Gasteiger charge is -2.17. The largest absolute Gasteiger partial charge is 0.748 e. The third-order valence-corrected chi connectivity index (χ3v) is 8.39. The molecule has 1 unspecified atom stereocenters. The molecule has 0 aliphatic carbocycles. The van der Waals surface area contributed by atoms with Crippen LogP contribution in [-0.2, 0) is 27.8 Å². The molecule has 0 spiro atoms. The van der Waals surface area contributed by atoms with Crippen LogP contribution in [0.2, 0.25) is 0 Å². The average Bonchev–Trinajstić information content (AvgIpc) is 3.88. The van der Waals surface area contributed by atoms with E-state index in [9.17, 15) is 4.79 Å². The number of rotatable bonds is 28. The highest BCUT2D eigenvalue weighted by molar-refractivity contribution is 7.84. The van der Waals surface area contributed by atoms with Gasteiger partial charge in [-0.3, -0.25) is 0 Å². The fourth-order valence-corrected chi connectivity index (χ4v) is 5.73. The van der Waals surface area contributed by atoms with Gasteiger partial charge >= 0.3 is 6.09 Å². The van der Waals surface area contributed by atoms with Gasteiger partial charge in [0.15, 0.2) is 12.3 Å². The summed E-state index contributed by atoms with van der Waals surface area (Å²) in [5.41, 5.74) is 2.10. The number of amides is 1. The lowest BCUT2D eigenvalue weighted by Crippen LogP contribution is -2.34. The van der Waals surface area contributed by atoms with Crippen LogP contribution in [0.25, 0.3) is 0 Å². The summed E-state index contributed by atoms with van der Waals surface area (Å²) in [6, 6.07) is 3.38. The van der Waals surface area contributed by atoms with Crippen molar-refractivity contribution in [1.29, 1.82) is 0 Å². The molecule has 0 bridgehead atoms. The Morgan fingerprint density at radius 1 is 0.920 bits per heavy atom. The summed E-state index contributed by atoms with van der Waals surface area (Å²) in [5.74, 6) is 1.42. The predicted molar refractivity (Wildman–Crippen MR) is 190 cm³/mol. The molecule has 0 saturated carbocycles. The third kappa shape index (κ3) is 24.9. The highest BCUT2D eigenvalue weighted by Crippen LogP contribution is 2.16. The SMILES string of the molecule is CCCCCCCCCCCCCCCCCNC(=O)OCC(COc1cc(CCCC[n+]2ccsc2)on1)Oc1ccon1.CS(=O)(=O)[O-]. The van der Waals surface area contributed by atoms with E-state index in [0.717, 1.165) is 44.4 Å². The molecule has 1 amide bonds. The zero-order chi connectivity index (χ0) is 36.1. The molecular formula is C35H58N4O9S2. The topological polar surface area (TPSA) is 170 Å². The number of aryl methyl sites for hydroxylation is 2. The number of unbranched alkanes of at least 4 members (excludes halogenated alkanes) is 15. The lowest BCUT2D eigenvalue weighted by molar-refractivity contribution is -0.692. The van der Waals surface area contributed by atoms with E-state index in [0.29, 0.717) is 18.7 Å². The van der Waals surface area contributed by atoms with E-state index in [1.165, 1.54) is 89.7 Å². The van der Waals surface area contributed by atoms with Gasteiger partial charge < -0.3 is 33.1 Å². The Morgan fingerprint density at radius 2 is 1.56 bits per heavy atom. The molecule has 3 heterocycles. The zero-order valence-electron chi connectivity index (χ0n) is 29.9. The van der Waals surface area contributed by atoms with Crippen LogP contribution in [0.1, 0.15) is 122 Å². The molecule has 284 valence electrons. The van der Waals surface area contributed by atoms with E-state index in [1.54, 1.807) is 23.5 Å². The van der Waals surface area contributed by atoms with E-state index >= 15 is 0 Å². The molecule has 0 radical (unpaired) electrons. The Hall–Kier alpha value is -3.17. The van der Waals surface area contributed by atoms with Crippen molar-refractivity contribution in [2.45, 2.75) is 135 Å². The normalized spacial score (nSPS) is 11.8. The number of carbonyl (C=O) groups is 1. The van der Waals surface area contributed by atoms with Gasteiger partial charge in [0, 0.05) is 37.8 Å². The van der Waals surface area contributed by atoms with E-state index in [4.69, 9.17) is 36.2 Å². The summed E-state index contributed by atoms with van der Waals surface area (Å²) in [7, 11) is -3.92. The molecule has 13 nitrogen and oxygen atoms in total. The van der Waals surface area contributed by atoms with Crippen molar-refractivity contribution in [2.75, 3.05) is 26.0 Å². The molecule has 3 aromatic rings. The number of ether oxygens (including phenoxy) is 3. The molecule has 1 N–H and O–H groups in total. The minimum absolute atomic E-state index is 0.0114. The van der Waals surface area contributed by atoms with E-state index < -0.39 is 22.3 Å². The van der Waals surface area contributed by atoms with Crippen LogP contribution in [0.5, 0.6) is 11.8 Å². The van der Waals surface area contributed by atoms with Gasteiger partial charge in [-0.25, -0.2) is 13.2 Å². The van der Waals surface area contributed by atoms with Gasteiger partial charge in [0.1, 0.15) is 31.8 Å².